The third-order valence-corrected chi connectivity index (χ3v) is 2.41. The molecule has 0 aliphatic heterocycles. The molecule has 1 N–H and O–H groups in total. The van der Waals surface area contributed by atoms with Gasteiger partial charge in [0, 0.05) is 38.5 Å². The molecule has 0 aliphatic rings. The first-order chi connectivity index (χ1) is 7.74. The second kappa shape index (κ2) is 4.90. The quantitative estimate of drug-likeness (QED) is 0.830. The zero-order valence-electron chi connectivity index (χ0n) is 9.24. The van der Waals surface area contributed by atoms with Gasteiger partial charge in [-0.25, -0.2) is 0 Å². The maximum Gasteiger partial charge on any atom is 0.0650 e. The Morgan fingerprint density at radius 3 is 2.88 bits per heavy atom. The predicted molar refractivity (Wildman–Crippen MR) is 60.9 cm³/mol. The zero-order valence-corrected chi connectivity index (χ0v) is 9.24. The van der Waals surface area contributed by atoms with Gasteiger partial charge in [0.1, 0.15) is 0 Å². The smallest absolute Gasteiger partial charge is 0.0650 e. The number of rotatable bonds is 4. The molecule has 1 atom stereocenters. The van der Waals surface area contributed by atoms with Gasteiger partial charge in [-0.05, 0) is 17.7 Å². The minimum absolute atomic E-state index is 0.404. The van der Waals surface area contributed by atoms with E-state index in [2.05, 4.69) is 10.1 Å². The fraction of sp³-hybridized carbons (Fsp3) is 0.333. The summed E-state index contributed by atoms with van der Waals surface area (Å²) in [7, 11) is 1.87. The Balaban J connectivity index is 1.92. The van der Waals surface area contributed by atoms with E-state index in [-0.39, 0.29) is 0 Å². The van der Waals surface area contributed by atoms with Crippen molar-refractivity contribution in [2.45, 2.75) is 18.9 Å². The van der Waals surface area contributed by atoms with E-state index in [0.717, 1.165) is 11.3 Å². The highest BCUT2D eigenvalue weighted by molar-refractivity contribution is 5.10. The van der Waals surface area contributed by atoms with Crippen molar-refractivity contribution in [1.29, 1.82) is 0 Å². The van der Waals surface area contributed by atoms with Crippen LogP contribution in [-0.2, 0) is 19.9 Å². The van der Waals surface area contributed by atoms with Crippen LogP contribution in [0.2, 0.25) is 0 Å². The molecule has 0 aliphatic carbocycles. The number of hydrogen-bond acceptors (Lipinski definition) is 3. The number of aryl methyl sites for hydroxylation is 1. The maximum atomic E-state index is 9.89. The summed E-state index contributed by atoms with van der Waals surface area (Å²) in [5.74, 6) is 0. The number of hydrogen-bond donors (Lipinski definition) is 1. The Kier molecular flexibility index (Phi) is 3.31. The molecule has 4 nitrogen and oxygen atoms in total. The molecule has 0 bridgehead atoms. The van der Waals surface area contributed by atoms with E-state index in [4.69, 9.17) is 0 Å². The summed E-state index contributed by atoms with van der Waals surface area (Å²) in [5, 5.41) is 14.1. The fourth-order valence-corrected chi connectivity index (χ4v) is 1.68. The largest absolute Gasteiger partial charge is 0.392 e. The minimum Gasteiger partial charge on any atom is -0.392 e. The number of aromatic nitrogens is 3. The highest BCUT2D eigenvalue weighted by Crippen LogP contribution is 2.06. The number of aliphatic hydroxyl groups excluding tert-OH is 1. The molecule has 2 rings (SSSR count). The van der Waals surface area contributed by atoms with Crippen molar-refractivity contribution >= 4 is 0 Å². The van der Waals surface area contributed by atoms with Crippen LogP contribution in [0, 0.1) is 0 Å². The lowest BCUT2D eigenvalue weighted by Gasteiger charge is -2.08. The lowest BCUT2D eigenvalue weighted by atomic mass is 10.1. The molecule has 0 aromatic carbocycles. The van der Waals surface area contributed by atoms with Gasteiger partial charge in [-0.15, -0.1) is 0 Å². The Labute approximate surface area is 94.6 Å². The van der Waals surface area contributed by atoms with Crippen LogP contribution in [0.25, 0.3) is 0 Å². The second-order valence-corrected chi connectivity index (χ2v) is 3.90. The van der Waals surface area contributed by atoms with Crippen LogP contribution in [0.1, 0.15) is 11.3 Å². The van der Waals surface area contributed by atoms with Crippen molar-refractivity contribution in [1.82, 2.24) is 14.8 Å². The number of nitrogens with zero attached hydrogens (tertiary/aromatic N) is 3. The lowest BCUT2D eigenvalue weighted by molar-refractivity contribution is 0.174. The van der Waals surface area contributed by atoms with Crippen LogP contribution in [0.4, 0.5) is 0 Å². The molecule has 2 aromatic heterocycles. The van der Waals surface area contributed by atoms with Gasteiger partial charge in [-0.1, -0.05) is 6.07 Å². The van der Waals surface area contributed by atoms with E-state index >= 15 is 0 Å². The molecule has 1 unspecified atom stereocenters. The summed E-state index contributed by atoms with van der Waals surface area (Å²) in [6, 6.07) is 5.77. The van der Waals surface area contributed by atoms with Crippen LogP contribution >= 0.6 is 0 Å². The Morgan fingerprint density at radius 1 is 1.38 bits per heavy atom. The summed E-state index contributed by atoms with van der Waals surface area (Å²) in [4.78, 5) is 4.02. The van der Waals surface area contributed by atoms with Gasteiger partial charge in [0.15, 0.2) is 0 Å². The minimum atomic E-state index is -0.404. The molecular formula is C12H15N3O. The van der Waals surface area contributed by atoms with Gasteiger partial charge in [0.05, 0.1) is 11.8 Å². The third-order valence-electron chi connectivity index (χ3n) is 2.41. The Bertz CT molecular complexity index is 439. The molecule has 0 saturated heterocycles. The maximum absolute atomic E-state index is 9.89. The van der Waals surface area contributed by atoms with Crippen LogP contribution in [0.3, 0.4) is 0 Å². The summed E-state index contributed by atoms with van der Waals surface area (Å²) in [6.45, 7) is 0. The number of aliphatic hydroxyl groups is 1. The van der Waals surface area contributed by atoms with Crippen LogP contribution < -0.4 is 0 Å². The van der Waals surface area contributed by atoms with E-state index in [1.54, 1.807) is 17.1 Å². The molecule has 84 valence electrons. The lowest BCUT2D eigenvalue weighted by Crippen LogP contribution is -2.14. The van der Waals surface area contributed by atoms with Crippen molar-refractivity contribution in [3.63, 3.8) is 0 Å². The average molecular weight is 217 g/mol. The molecule has 16 heavy (non-hydrogen) atoms. The van der Waals surface area contributed by atoms with Gasteiger partial charge in [0.2, 0.25) is 0 Å². The highest BCUT2D eigenvalue weighted by atomic mass is 16.3. The standard InChI is InChI=1S/C12H15N3O/c1-15-6-4-11(14-15)8-12(16)7-10-3-2-5-13-9-10/h2-6,9,12,16H,7-8H2,1H3. The van der Waals surface area contributed by atoms with Crippen LogP contribution in [-0.4, -0.2) is 26.0 Å². The monoisotopic (exact) mass is 217 g/mol. The average Bonchev–Trinajstić information content (AvgIpc) is 2.65. The first kappa shape index (κ1) is 10.8. The summed E-state index contributed by atoms with van der Waals surface area (Å²) < 4.78 is 1.74. The first-order valence-corrected chi connectivity index (χ1v) is 5.29. The molecule has 0 spiro atoms. The van der Waals surface area contributed by atoms with Crippen LogP contribution in [0.5, 0.6) is 0 Å². The Morgan fingerprint density at radius 2 is 2.25 bits per heavy atom. The van der Waals surface area contributed by atoms with Crippen molar-refractivity contribution in [2.75, 3.05) is 0 Å². The van der Waals surface area contributed by atoms with Gasteiger partial charge in [0.25, 0.3) is 0 Å². The van der Waals surface area contributed by atoms with Crippen molar-refractivity contribution < 1.29 is 5.11 Å². The van der Waals surface area contributed by atoms with Crippen molar-refractivity contribution in [3.05, 3.63) is 48.0 Å². The molecule has 2 heterocycles. The van der Waals surface area contributed by atoms with E-state index in [9.17, 15) is 5.11 Å². The SMILES string of the molecule is Cn1ccc(CC(O)Cc2cccnc2)n1. The third kappa shape index (κ3) is 2.90. The van der Waals surface area contributed by atoms with E-state index in [0.29, 0.717) is 12.8 Å². The van der Waals surface area contributed by atoms with Gasteiger partial charge >= 0.3 is 0 Å². The summed E-state index contributed by atoms with van der Waals surface area (Å²) in [6.07, 6.45) is 6.18. The van der Waals surface area contributed by atoms with Crippen molar-refractivity contribution in [2.24, 2.45) is 7.05 Å². The summed E-state index contributed by atoms with van der Waals surface area (Å²) >= 11 is 0. The number of pyridine rings is 1. The van der Waals surface area contributed by atoms with Crippen LogP contribution in [0.15, 0.2) is 36.8 Å². The zero-order chi connectivity index (χ0) is 11.4. The van der Waals surface area contributed by atoms with Crippen molar-refractivity contribution in [3.8, 4) is 0 Å². The second-order valence-electron chi connectivity index (χ2n) is 3.90. The van der Waals surface area contributed by atoms with E-state index in [1.807, 2.05) is 31.4 Å². The van der Waals surface area contributed by atoms with Gasteiger partial charge in [-0.3, -0.25) is 9.67 Å². The molecule has 0 amide bonds. The topological polar surface area (TPSA) is 50.9 Å². The summed E-state index contributed by atoms with van der Waals surface area (Å²) in [5.41, 5.74) is 1.96. The van der Waals surface area contributed by atoms with Gasteiger partial charge in [-0.2, -0.15) is 5.10 Å². The highest BCUT2D eigenvalue weighted by Gasteiger charge is 2.08. The van der Waals surface area contributed by atoms with E-state index in [1.165, 1.54) is 0 Å². The molecule has 4 heteroatoms. The Hall–Kier alpha value is -1.68. The molecule has 0 saturated carbocycles. The molecular weight excluding hydrogens is 202 g/mol. The molecule has 2 aromatic rings. The first-order valence-electron chi connectivity index (χ1n) is 5.29. The van der Waals surface area contributed by atoms with E-state index < -0.39 is 6.10 Å². The predicted octanol–water partition coefficient (Wildman–Crippen LogP) is 0.961. The normalized spacial score (nSPS) is 12.6. The van der Waals surface area contributed by atoms with Gasteiger partial charge < -0.3 is 5.11 Å². The molecule has 0 fully saturated rings. The fourth-order valence-electron chi connectivity index (χ4n) is 1.68. The molecule has 0 radical (unpaired) electrons.